The summed E-state index contributed by atoms with van der Waals surface area (Å²) >= 11 is 0. The van der Waals surface area contributed by atoms with Gasteiger partial charge in [-0.3, -0.25) is 4.79 Å². The van der Waals surface area contributed by atoms with E-state index in [-0.39, 0.29) is 12.1 Å². The van der Waals surface area contributed by atoms with Crippen LogP contribution in [-0.4, -0.2) is 21.0 Å². The standard InChI is InChI=1S/C10H14N2O2/c1-7(13)6-12-10(14)5-4-9(11-12)8-2-3-8/h4-5,7-8,13H,2-3,6H2,1H3. The minimum atomic E-state index is -0.533. The first-order chi connectivity index (χ1) is 6.66. The van der Waals surface area contributed by atoms with Crippen LogP contribution in [0.15, 0.2) is 16.9 Å². The fourth-order valence-electron chi connectivity index (χ4n) is 1.44. The first-order valence-corrected chi connectivity index (χ1v) is 4.93. The van der Waals surface area contributed by atoms with Crippen molar-refractivity contribution in [3.05, 3.63) is 28.2 Å². The molecule has 1 N–H and O–H groups in total. The number of aliphatic hydroxyl groups is 1. The van der Waals surface area contributed by atoms with Crippen LogP contribution in [0.4, 0.5) is 0 Å². The van der Waals surface area contributed by atoms with Crippen LogP contribution in [0, 0.1) is 0 Å². The normalized spacial score (nSPS) is 18.1. The minimum Gasteiger partial charge on any atom is -0.391 e. The van der Waals surface area contributed by atoms with E-state index >= 15 is 0 Å². The summed E-state index contributed by atoms with van der Waals surface area (Å²) in [5, 5.41) is 13.4. The number of aromatic nitrogens is 2. The predicted molar refractivity (Wildman–Crippen MR) is 52.2 cm³/mol. The molecule has 0 amide bonds. The van der Waals surface area contributed by atoms with Crippen LogP contribution in [0.25, 0.3) is 0 Å². The molecule has 1 aromatic heterocycles. The van der Waals surface area contributed by atoms with E-state index in [9.17, 15) is 9.90 Å². The van der Waals surface area contributed by atoms with Gasteiger partial charge in [0.2, 0.25) is 0 Å². The van der Waals surface area contributed by atoms with Gasteiger partial charge in [0, 0.05) is 12.0 Å². The maximum absolute atomic E-state index is 11.3. The second-order valence-electron chi connectivity index (χ2n) is 3.90. The van der Waals surface area contributed by atoms with Gasteiger partial charge in [0.05, 0.1) is 18.3 Å². The lowest BCUT2D eigenvalue weighted by molar-refractivity contribution is 0.166. The predicted octanol–water partition coefficient (Wildman–Crippen LogP) is 0.501. The molecule has 14 heavy (non-hydrogen) atoms. The van der Waals surface area contributed by atoms with Crippen LogP contribution < -0.4 is 5.56 Å². The molecule has 1 fully saturated rings. The van der Waals surface area contributed by atoms with Gasteiger partial charge >= 0.3 is 0 Å². The summed E-state index contributed by atoms with van der Waals surface area (Å²) in [6.45, 7) is 1.93. The summed E-state index contributed by atoms with van der Waals surface area (Å²) < 4.78 is 1.35. The molecule has 4 heteroatoms. The van der Waals surface area contributed by atoms with E-state index in [1.807, 2.05) is 0 Å². The van der Waals surface area contributed by atoms with E-state index in [4.69, 9.17) is 0 Å². The molecule has 1 heterocycles. The highest BCUT2D eigenvalue weighted by atomic mass is 16.3. The zero-order chi connectivity index (χ0) is 10.1. The molecule has 1 aromatic rings. The molecule has 1 unspecified atom stereocenters. The van der Waals surface area contributed by atoms with Gasteiger partial charge in [-0.05, 0) is 25.8 Å². The second kappa shape index (κ2) is 3.53. The molecule has 4 nitrogen and oxygen atoms in total. The lowest BCUT2D eigenvalue weighted by Crippen LogP contribution is -2.27. The van der Waals surface area contributed by atoms with Crippen molar-refractivity contribution in [3.8, 4) is 0 Å². The fourth-order valence-corrected chi connectivity index (χ4v) is 1.44. The van der Waals surface area contributed by atoms with Crippen LogP contribution in [-0.2, 0) is 6.54 Å². The number of hydrogen-bond acceptors (Lipinski definition) is 3. The van der Waals surface area contributed by atoms with Gasteiger partial charge in [-0.25, -0.2) is 4.68 Å². The molecule has 0 aromatic carbocycles. The van der Waals surface area contributed by atoms with Crippen molar-refractivity contribution in [3.63, 3.8) is 0 Å². The van der Waals surface area contributed by atoms with Gasteiger partial charge in [0.1, 0.15) is 0 Å². The molecule has 0 aliphatic heterocycles. The topological polar surface area (TPSA) is 55.1 Å². The van der Waals surface area contributed by atoms with Gasteiger partial charge in [-0.1, -0.05) is 0 Å². The van der Waals surface area contributed by atoms with Gasteiger partial charge in [-0.2, -0.15) is 5.10 Å². The zero-order valence-corrected chi connectivity index (χ0v) is 8.18. The molecule has 1 aliphatic rings. The average Bonchev–Trinajstić information content (AvgIpc) is 2.91. The number of nitrogens with zero attached hydrogens (tertiary/aromatic N) is 2. The van der Waals surface area contributed by atoms with E-state index < -0.39 is 6.10 Å². The van der Waals surface area contributed by atoms with Crippen molar-refractivity contribution in [1.82, 2.24) is 9.78 Å². The van der Waals surface area contributed by atoms with Crippen LogP contribution in [0.3, 0.4) is 0 Å². The summed E-state index contributed by atoms with van der Waals surface area (Å²) in [4.78, 5) is 11.3. The highest BCUT2D eigenvalue weighted by Crippen LogP contribution is 2.38. The Kier molecular flexibility index (Phi) is 2.37. The lowest BCUT2D eigenvalue weighted by atomic mass is 10.3. The maximum atomic E-state index is 11.3. The first-order valence-electron chi connectivity index (χ1n) is 4.93. The second-order valence-corrected chi connectivity index (χ2v) is 3.90. The molecule has 0 bridgehead atoms. The van der Waals surface area contributed by atoms with E-state index in [0.29, 0.717) is 5.92 Å². The van der Waals surface area contributed by atoms with Crippen LogP contribution in [0.2, 0.25) is 0 Å². The maximum Gasteiger partial charge on any atom is 0.266 e. The van der Waals surface area contributed by atoms with E-state index in [1.165, 1.54) is 23.6 Å². The monoisotopic (exact) mass is 194 g/mol. The molecule has 1 aliphatic carbocycles. The highest BCUT2D eigenvalue weighted by molar-refractivity contribution is 5.12. The van der Waals surface area contributed by atoms with Gasteiger partial charge in [0.15, 0.2) is 0 Å². The third-order valence-corrected chi connectivity index (χ3v) is 2.32. The Labute approximate surface area is 82.2 Å². The summed E-state index contributed by atoms with van der Waals surface area (Å²) in [5.74, 6) is 0.538. The van der Waals surface area contributed by atoms with Gasteiger partial charge < -0.3 is 5.11 Å². The van der Waals surface area contributed by atoms with E-state index in [2.05, 4.69) is 5.10 Å². The molecular formula is C10H14N2O2. The number of rotatable bonds is 3. The molecule has 1 saturated carbocycles. The summed E-state index contributed by atoms with van der Waals surface area (Å²) in [5.41, 5.74) is 0.834. The van der Waals surface area contributed by atoms with Crippen molar-refractivity contribution in [2.24, 2.45) is 0 Å². The van der Waals surface area contributed by atoms with Crippen LogP contribution >= 0.6 is 0 Å². The molecular weight excluding hydrogens is 180 g/mol. The van der Waals surface area contributed by atoms with Gasteiger partial charge in [-0.15, -0.1) is 0 Å². The summed E-state index contributed by atoms with van der Waals surface area (Å²) in [7, 11) is 0. The van der Waals surface area contributed by atoms with E-state index in [1.54, 1.807) is 13.0 Å². The SMILES string of the molecule is CC(O)Cn1nc(C2CC2)ccc1=O. The Bertz CT molecular complexity index is 380. The molecule has 0 spiro atoms. The molecule has 1 atom stereocenters. The van der Waals surface area contributed by atoms with Crippen molar-refractivity contribution in [2.75, 3.05) is 0 Å². The largest absolute Gasteiger partial charge is 0.391 e. The summed E-state index contributed by atoms with van der Waals surface area (Å²) in [6, 6.07) is 3.32. The molecule has 2 rings (SSSR count). The zero-order valence-electron chi connectivity index (χ0n) is 8.18. The van der Waals surface area contributed by atoms with Gasteiger partial charge in [0.25, 0.3) is 5.56 Å². The van der Waals surface area contributed by atoms with Crippen LogP contribution in [0.5, 0.6) is 0 Å². The minimum absolute atomic E-state index is 0.143. The molecule has 76 valence electrons. The Morgan fingerprint density at radius 1 is 1.64 bits per heavy atom. The number of aliphatic hydroxyl groups excluding tert-OH is 1. The Morgan fingerprint density at radius 2 is 2.36 bits per heavy atom. The Hall–Kier alpha value is -1.16. The molecule has 0 radical (unpaired) electrons. The van der Waals surface area contributed by atoms with Crippen molar-refractivity contribution in [2.45, 2.75) is 38.3 Å². The number of hydrogen-bond donors (Lipinski definition) is 1. The Balaban J connectivity index is 2.27. The first kappa shape index (κ1) is 9.40. The smallest absolute Gasteiger partial charge is 0.266 e. The third-order valence-electron chi connectivity index (χ3n) is 2.32. The fraction of sp³-hybridized carbons (Fsp3) is 0.600. The lowest BCUT2D eigenvalue weighted by Gasteiger charge is -2.07. The molecule has 0 saturated heterocycles. The van der Waals surface area contributed by atoms with Crippen molar-refractivity contribution >= 4 is 0 Å². The summed E-state index contributed by atoms with van der Waals surface area (Å²) in [6.07, 6.45) is 1.80. The van der Waals surface area contributed by atoms with E-state index in [0.717, 1.165) is 5.69 Å². The van der Waals surface area contributed by atoms with Crippen LogP contribution in [0.1, 0.15) is 31.4 Å². The van der Waals surface area contributed by atoms with Crippen molar-refractivity contribution in [1.29, 1.82) is 0 Å². The van der Waals surface area contributed by atoms with Crippen molar-refractivity contribution < 1.29 is 5.11 Å². The Morgan fingerprint density at radius 3 is 2.93 bits per heavy atom. The third kappa shape index (κ3) is 2.01. The quantitative estimate of drug-likeness (QED) is 0.762. The highest BCUT2D eigenvalue weighted by Gasteiger charge is 2.25. The average molecular weight is 194 g/mol.